The summed E-state index contributed by atoms with van der Waals surface area (Å²) in [4.78, 5) is 12.5. The van der Waals surface area contributed by atoms with Crippen molar-refractivity contribution < 1.29 is 39.4 Å². The number of carbonyl (C=O) groups is 1. The molecule has 48 heavy (non-hydrogen) atoms. The van der Waals surface area contributed by atoms with Crippen LogP contribution in [0.4, 0.5) is 0 Å². The van der Waals surface area contributed by atoms with Gasteiger partial charge in [-0.25, -0.2) is 0 Å². The normalized spacial score (nSPS) is 23.0. The SMILES string of the molecule is CCCCCCC(C)CCCCCCCCCOCC(O)CO[C@@H]1[C@@H](O)[C@H](O)[C@@H](O)[C@@H]1OC(=O)CCCCCCCC(C)CCCCC. The standard InChI is InChI=1S/C40H78O8/c1-5-7-9-19-25-33(4)27-20-14-11-10-12-17-23-29-46-30-34(41)31-47-39-37(44)36(43)38(45)40(39)48-35(42)28-22-16-13-15-21-26-32(3)24-18-8-6-2/h32-34,36-41,43-45H,5-31H2,1-4H3/t32?,33?,34?,36-,37-,38+,39+,40-/m0/s1. The van der Waals surface area contributed by atoms with Gasteiger partial charge in [-0.2, -0.15) is 0 Å². The van der Waals surface area contributed by atoms with Crippen LogP contribution in [0.25, 0.3) is 0 Å². The number of hydrogen-bond donors (Lipinski definition) is 4. The molecule has 1 aliphatic carbocycles. The lowest BCUT2D eigenvalue weighted by molar-refractivity contribution is -0.168. The Hall–Kier alpha value is -0.770. The predicted molar refractivity (Wildman–Crippen MR) is 195 cm³/mol. The van der Waals surface area contributed by atoms with Crippen molar-refractivity contribution in [3.8, 4) is 0 Å². The number of rotatable bonds is 33. The predicted octanol–water partition coefficient (Wildman–Crippen LogP) is 8.43. The monoisotopic (exact) mass is 687 g/mol. The highest BCUT2D eigenvalue weighted by Crippen LogP contribution is 2.28. The van der Waals surface area contributed by atoms with Crippen LogP contribution in [-0.2, 0) is 19.0 Å². The smallest absolute Gasteiger partial charge is 0.306 e. The Kier molecular flexibility index (Phi) is 28.2. The number of aliphatic hydroxyl groups is 4. The molecule has 0 saturated heterocycles. The van der Waals surface area contributed by atoms with Crippen LogP contribution in [0.2, 0.25) is 0 Å². The topological polar surface area (TPSA) is 126 Å². The van der Waals surface area contributed by atoms with E-state index in [4.69, 9.17) is 14.2 Å². The van der Waals surface area contributed by atoms with Crippen molar-refractivity contribution in [3.63, 3.8) is 0 Å². The van der Waals surface area contributed by atoms with Crippen molar-refractivity contribution >= 4 is 5.97 Å². The molecule has 0 radical (unpaired) electrons. The molecular weight excluding hydrogens is 608 g/mol. The third kappa shape index (κ3) is 22.1. The van der Waals surface area contributed by atoms with Gasteiger partial charge >= 0.3 is 5.97 Å². The number of unbranched alkanes of at least 4 members (excludes halogenated alkanes) is 15. The molecule has 0 heterocycles. The Morgan fingerprint density at radius 2 is 1.00 bits per heavy atom. The third-order valence-corrected chi connectivity index (χ3v) is 10.2. The first-order chi connectivity index (χ1) is 23.2. The Morgan fingerprint density at radius 3 is 1.56 bits per heavy atom. The molecule has 1 saturated carbocycles. The van der Waals surface area contributed by atoms with E-state index in [1.165, 1.54) is 109 Å². The van der Waals surface area contributed by atoms with Crippen LogP contribution in [0.1, 0.15) is 182 Å². The van der Waals surface area contributed by atoms with Gasteiger partial charge in [-0.3, -0.25) is 4.79 Å². The molecule has 3 unspecified atom stereocenters. The van der Waals surface area contributed by atoms with Crippen molar-refractivity contribution in [2.75, 3.05) is 19.8 Å². The van der Waals surface area contributed by atoms with E-state index in [2.05, 4.69) is 27.7 Å². The lowest BCUT2D eigenvalue weighted by atomic mass is 9.96. The summed E-state index contributed by atoms with van der Waals surface area (Å²) in [6.45, 7) is 9.73. The van der Waals surface area contributed by atoms with Gasteiger partial charge in [0.25, 0.3) is 0 Å². The van der Waals surface area contributed by atoms with E-state index >= 15 is 0 Å². The molecule has 0 aromatic heterocycles. The molecule has 286 valence electrons. The van der Waals surface area contributed by atoms with E-state index in [9.17, 15) is 25.2 Å². The first-order valence-corrected chi connectivity index (χ1v) is 20.3. The molecule has 0 aromatic carbocycles. The molecular formula is C40H78O8. The minimum absolute atomic E-state index is 0.0901. The van der Waals surface area contributed by atoms with E-state index < -0.39 is 42.6 Å². The van der Waals surface area contributed by atoms with Gasteiger partial charge in [-0.05, 0) is 24.7 Å². The van der Waals surface area contributed by atoms with Crippen LogP contribution in [0.15, 0.2) is 0 Å². The quantitative estimate of drug-likeness (QED) is 0.0401. The van der Waals surface area contributed by atoms with Crippen molar-refractivity contribution in [2.45, 2.75) is 218 Å². The second-order valence-corrected chi connectivity index (χ2v) is 15.1. The van der Waals surface area contributed by atoms with E-state index in [1.807, 2.05) is 0 Å². The molecule has 1 fully saturated rings. The highest BCUT2D eigenvalue weighted by Gasteiger charge is 2.52. The zero-order valence-electron chi connectivity index (χ0n) is 31.6. The number of esters is 1. The van der Waals surface area contributed by atoms with Crippen LogP contribution < -0.4 is 0 Å². The molecule has 8 nitrogen and oxygen atoms in total. The Bertz CT molecular complexity index is 736. The zero-order chi connectivity index (χ0) is 35.4. The summed E-state index contributed by atoms with van der Waals surface area (Å²) in [6.07, 6.45) is 20.8. The number of aliphatic hydroxyl groups excluding tert-OH is 4. The van der Waals surface area contributed by atoms with E-state index in [-0.39, 0.29) is 19.6 Å². The van der Waals surface area contributed by atoms with Gasteiger partial charge in [0.1, 0.15) is 30.5 Å². The molecule has 0 spiro atoms. The fraction of sp³-hybridized carbons (Fsp3) is 0.975. The second-order valence-electron chi connectivity index (χ2n) is 15.1. The summed E-state index contributed by atoms with van der Waals surface area (Å²) in [5, 5.41) is 41.4. The van der Waals surface area contributed by atoms with E-state index in [1.54, 1.807) is 0 Å². The lowest BCUT2D eigenvalue weighted by Crippen LogP contribution is -2.41. The van der Waals surface area contributed by atoms with E-state index in [0.717, 1.165) is 43.9 Å². The van der Waals surface area contributed by atoms with Crippen LogP contribution >= 0.6 is 0 Å². The Labute approximate surface area is 295 Å². The van der Waals surface area contributed by atoms with Gasteiger partial charge in [-0.1, -0.05) is 163 Å². The van der Waals surface area contributed by atoms with Gasteiger partial charge in [0, 0.05) is 13.0 Å². The summed E-state index contributed by atoms with van der Waals surface area (Å²) >= 11 is 0. The maximum absolute atomic E-state index is 12.5. The Morgan fingerprint density at radius 1 is 0.562 bits per heavy atom. The fourth-order valence-corrected chi connectivity index (χ4v) is 6.83. The summed E-state index contributed by atoms with van der Waals surface area (Å²) in [6, 6.07) is 0. The summed E-state index contributed by atoms with van der Waals surface area (Å²) in [7, 11) is 0. The van der Waals surface area contributed by atoms with Crippen molar-refractivity contribution in [2.24, 2.45) is 11.8 Å². The molecule has 4 N–H and O–H groups in total. The molecule has 0 bridgehead atoms. The lowest BCUT2D eigenvalue weighted by Gasteiger charge is -2.24. The second kappa shape index (κ2) is 29.9. The maximum Gasteiger partial charge on any atom is 0.306 e. The van der Waals surface area contributed by atoms with Crippen LogP contribution in [-0.4, -0.2) is 82.8 Å². The average molecular weight is 687 g/mol. The van der Waals surface area contributed by atoms with Gasteiger partial charge in [0.15, 0.2) is 6.10 Å². The van der Waals surface area contributed by atoms with Crippen molar-refractivity contribution in [3.05, 3.63) is 0 Å². The molecule has 0 aromatic rings. The first-order valence-electron chi connectivity index (χ1n) is 20.3. The molecule has 8 atom stereocenters. The maximum atomic E-state index is 12.5. The Balaban J connectivity index is 2.12. The van der Waals surface area contributed by atoms with Gasteiger partial charge < -0.3 is 34.6 Å². The fourth-order valence-electron chi connectivity index (χ4n) is 6.83. The van der Waals surface area contributed by atoms with Crippen LogP contribution in [0.3, 0.4) is 0 Å². The minimum Gasteiger partial charge on any atom is -0.457 e. The molecule has 1 aliphatic rings. The molecule has 0 amide bonds. The third-order valence-electron chi connectivity index (χ3n) is 10.2. The number of ether oxygens (including phenoxy) is 3. The molecule has 1 rings (SSSR count). The summed E-state index contributed by atoms with van der Waals surface area (Å²) in [5.41, 5.74) is 0. The van der Waals surface area contributed by atoms with Crippen LogP contribution in [0.5, 0.6) is 0 Å². The van der Waals surface area contributed by atoms with E-state index in [0.29, 0.717) is 13.0 Å². The first kappa shape index (κ1) is 45.3. The van der Waals surface area contributed by atoms with Gasteiger partial charge in [-0.15, -0.1) is 0 Å². The summed E-state index contributed by atoms with van der Waals surface area (Å²) in [5.74, 6) is 1.16. The minimum atomic E-state index is -1.49. The van der Waals surface area contributed by atoms with Crippen LogP contribution in [0, 0.1) is 11.8 Å². The highest BCUT2D eigenvalue weighted by molar-refractivity contribution is 5.69. The highest BCUT2D eigenvalue weighted by atomic mass is 16.6. The number of hydrogen-bond acceptors (Lipinski definition) is 8. The largest absolute Gasteiger partial charge is 0.457 e. The zero-order valence-corrected chi connectivity index (χ0v) is 31.6. The number of carbonyl (C=O) groups excluding carboxylic acids is 1. The average Bonchev–Trinajstić information content (AvgIpc) is 3.26. The van der Waals surface area contributed by atoms with Crippen molar-refractivity contribution in [1.29, 1.82) is 0 Å². The molecule has 0 aliphatic heterocycles. The van der Waals surface area contributed by atoms with Crippen molar-refractivity contribution in [1.82, 2.24) is 0 Å². The summed E-state index contributed by atoms with van der Waals surface area (Å²) < 4.78 is 16.8. The van der Waals surface area contributed by atoms with Gasteiger partial charge in [0.05, 0.1) is 13.2 Å². The molecule has 8 heteroatoms. The van der Waals surface area contributed by atoms with Gasteiger partial charge in [0.2, 0.25) is 0 Å².